The molecular weight excluding hydrogens is 412 g/mol. The standard InChI is InChI=1S/C31H18O.C2H6/c32-18-15-16-26-24(17-18)21-9-3-4-12-25(21)31(26)27-13-5-10-22-19-7-1-2-8-20(19)23-11-6-14-28(31)30(23)29(22)27;1-2/h1-17,32H;1-2H3. The van der Waals surface area contributed by atoms with Crippen molar-refractivity contribution in [2.75, 3.05) is 0 Å². The Balaban J connectivity index is 0.000000977. The van der Waals surface area contributed by atoms with Crippen LogP contribution in [0.1, 0.15) is 36.1 Å². The van der Waals surface area contributed by atoms with E-state index < -0.39 is 0 Å². The van der Waals surface area contributed by atoms with Crippen molar-refractivity contribution in [2.45, 2.75) is 19.3 Å². The Hall–Kier alpha value is -4.10. The second kappa shape index (κ2) is 6.71. The van der Waals surface area contributed by atoms with E-state index in [1.807, 2.05) is 26.0 Å². The first-order chi connectivity index (χ1) is 16.8. The predicted molar refractivity (Wildman–Crippen MR) is 143 cm³/mol. The van der Waals surface area contributed by atoms with Gasteiger partial charge in [0.25, 0.3) is 0 Å². The summed E-state index contributed by atoms with van der Waals surface area (Å²) in [7, 11) is 0. The molecule has 34 heavy (non-hydrogen) atoms. The Morgan fingerprint density at radius 1 is 0.471 bits per heavy atom. The van der Waals surface area contributed by atoms with Gasteiger partial charge in [-0.2, -0.15) is 0 Å². The summed E-state index contributed by atoms with van der Waals surface area (Å²) in [5, 5.41) is 18.4. The van der Waals surface area contributed by atoms with E-state index in [1.165, 1.54) is 60.1 Å². The fraction of sp³-hybridized carbons (Fsp3) is 0.0909. The van der Waals surface area contributed by atoms with Crippen molar-refractivity contribution in [1.29, 1.82) is 0 Å². The molecule has 6 aromatic rings. The third-order valence-electron chi connectivity index (χ3n) is 7.72. The molecule has 0 radical (unpaired) electrons. The summed E-state index contributed by atoms with van der Waals surface area (Å²) in [4.78, 5) is 0. The van der Waals surface area contributed by atoms with Crippen molar-refractivity contribution >= 4 is 32.3 Å². The van der Waals surface area contributed by atoms with Crippen LogP contribution in [0, 0.1) is 0 Å². The van der Waals surface area contributed by atoms with Gasteiger partial charge in [0, 0.05) is 0 Å². The average molecular weight is 437 g/mol. The highest BCUT2D eigenvalue weighted by atomic mass is 16.3. The summed E-state index contributed by atoms with van der Waals surface area (Å²) in [6, 6.07) is 37.0. The van der Waals surface area contributed by atoms with Crippen LogP contribution < -0.4 is 0 Å². The minimum Gasteiger partial charge on any atom is -0.508 e. The molecule has 0 unspecified atom stereocenters. The van der Waals surface area contributed by atoms with Crippen molar-refractivity contribution in [3.63, 3.8) is 0 Å². The summed E-state index contributed by atoms with van der Waals surface area (Å²) in [6.07, 6.45) is 0. The molecule has 162 valence electrons. The molecule has 2 aliphatic rings. The van der Waals surface area contributed by atoms with E-state index in [0.717, 1.165) is 5.56 Å². The van der Waals surface area contributed by atoms with Crippen LogP contribution in [0.2, 0.25) is 0 Å². The molecule has 1 heteroatoms. The highest BCUT2D eigenvalue weighted by Gasteiger charge is 2.50. The van der Waals surface area contributed by atoms with Crippen molar-refractivity contribution < 1.29 is 5.11 Å². The van der Waals surface area contributed by atoms with Gasteiger partial charge in [-0.3, -0.25) is 0 Å². The second-order valence-corrected chi connectivity index (χ2v) is 9.03. The lowest BCUT2D eigenvalue weighted by Crippen LogP contribution is -2.25. The highest BCUT2D eigenvalue weighted by molar-refractivity contribution is 6.29. The predicted octanol–water partition coefficient (Wildman–Crippen LogP) is 8.55. The van der Waals surface area contributed by atoms with Crippen molar-refractivity contribution in [2.24, 2.45) is 0 Å². The van der Waals surface area contributed by atoms with E-state index in [1.54, 1.807) is 0 Å². The van der Waals surface area contributed by atoms with Crippen LogP contribution in [-0.4, -0.2) is 5.11 Å². The van der Waals surface area contributed by atoms with Gasteiger partial charge >= 0.3 is 0 Å². The van der Waals surface area contributed by atoms with Crippen molar-refractivity contribution in [3.05, 3.63) is 125 Å². The first-order valence-corrected chi connectivity index (χ1v) is 12.1. The third-order valence-corrected chi connectivity index (χ3v) is 7.72. The molecule has 0 aromatic heterocycles. The Bertz CT molecular complexity index is 1710. The van der Waals surface area contributed by atoms with Crippen LogP contribution in [0.3, 0.4) is 0 Å². The van der Waals surface area contributed by atoms with Gasteiger partial charge in [-0.1, -0.05) is 105 Å². The molecule has 0 amide bonds. The first kappa shape index (κ1) is 19.4. The Labute approximate surface area is 198 Å². The maximum Gasteiger partial charge on any atom is 0.116 e. The average Bonchev–Trinajstić information content (AvgIpc) is 3.37. The maximum absolute atomic E-state index is 10.4. The molecule has 1 N–H and O–H groups in total. The van der Waals surface area contributed by atoms with Gasteiger partial charge in [-0.05, 0) is 77.8 Å². The van der Waals surface area contributed by atoms with E-state index in [2.05, 4.69) is 91.0 Å². The summed E-state index contributed by atoms with van der Waals surface area (Å²) in [5.41, 5.74) is 7.25. The normalized spacial score (nSPS) is 13.9. The van der Waals surface area contributed by atoms with Gasteiger partial charge in [-0.25, -0.2) is 0 Å². The molecule has 6 aromatic carbocycles. The number of hydrogen-bond donors (Lipinski definition) is 1. The molecular formula is C33H24O. The molecule has 0 saturated heterocycles. The highest BCUT2D eigenvalue weighted by Crippen LogP contribution is 2.63. The molecule has 0 aliphatic heterocycles. The fourth-order valence-corrected chi connectivity index (χ4v) is 6.67. The largest absolute Gasteiger partial charge is 0.508 e. The number of phenolic OH excluding ortho intramolecular Hbond substituents is 1. The van der Waals surface area contributed by atoms with E-state index in [-0.39, 0.29) is 5.41 Å². The Morgan fingerprint density at radius 3 is 1.62 bits per heavy atom. The van der Waals surface area contributed by atoms with Crippen molar-refractivity contribution in [3.8, 4) is 16.9 Å². The number of rotatable bonds is 0. The smallest absolute Gasteiger partial charge is 0.116 e. The minimum atomic E-state index is -0.363. The zero-order chi connectivity index (χ0) is 23.0. The van der Waals surface area contributed by atoms with Gasteiger partial charge in [0.15, 0.2) is 0 Å². The molecule has 2 aliphatic carbocycles. The summed E-state index contributed by atoms with van der Waals surface area (Å²) < 4.78 is 0. The number of phenols is 1. The first-order valence-electron chi connectivity index (χ1n) is 12.1. The molecule has 1 nitrogen and oxygen atoms in total. The second-order valence-electron chi connectivity index (χ2n) is 9.03. The minimum absolute atomic E-state index is 0.313. The summed E-state index contributed by atoms with van der Waals surface area (Å²) in [5.74, 6) is 0.313. The van der Waals surface area contributed by atoms with Gasteiger partial charge in [0.1, 0.15) is 5.75 Å². The third kappa shape index (κ3) is 2.06. The zero-order valence-corrected chi connectivity index (χ0v) is 19.3. The van der Waals surface area contributed by atoms with E-state index in [0.29, 0.717) is 5.75 Å². The van der Waals surface area contributed by atoms with Crippen molar-refractivity contribution in [1.82, 2.24) is 0 Å². The Kier molecular flexibility index (Phi) is 3.82. The Morgan fingerprint density at radius 2 is 0.971 bits per heavy atom. The number of aromatic hydroxyl groups is 1. The molecule has 0 fully saturated rings. The van der Waals surface area contributed by atoms with Crippen LogP contribution in [0.5, 0.6) is 5.75 Å². The molecule has 0 heterocycles. The fourth-order valence-electron chi connectivity index (χ4n) is 6.67. The summed E-state index contributed by atoms with van der Waals surface area (Å²) >= 11 is 0. The van der Waals surface area contributed by atoms with Crippen LogP contribution in [0.25, 0.3) is 43.4 Å². The van der Waals surface area contributed by atoms with Crippen LogP contribution >= 0.6 is 0 Å². The molecule has 0 bridgehead atoms. The zero-order valence-electron chi connectivity index (χ0n) is 19.3. The van der Waals surface area contributed by atoms with Gasteiger partial charge < -0.3 is 5.11 Å². The number of fused-ring (bicyclic) bond motifs is 10. The molecule has 0 atom stereocenters. The molecule has 0 saturated carbocycles. The van der Waals surface area contributed by atoms with Crippen LogP contribution in [-0.2, 0) is 5.41 Å². The lowest BCUT2D eigenvalue weighted by Gasteiger charge is -2.30. The topological polar surface area (TPSA) is 20.2 Å². The quantitative estimate of drug-likeness (QED) is 0.236. The van der Waals surface area contributed by atoms with Crippen LogP contribution in [0.15, 0.2) is 103 Å². The number of benzene rings is 6. The van der Waals surface area contributed by atoms with E-state index >= 15 is 0 Å². The van der Waals surface area contributed by atoms with E-state index in [4.69, 9.17) is 0 Å². The number of hydrogen-bond acceptors (Lipinski definition) is 1. The maximum atomic E-state index is 10.4. The molecule has 8 rings (SSSR count). The van der Waals surface area contributed by atoms with Gasteiger partial charge in [-0.15, -0.1) is 0 Å². The van der Waals surface area contributed by atoms with Gasteiger partial charge in [0.05, 0.1) is 5.41 Å². The molecule has 1 spiro atoms. The van der Waals surface area contributed by atoms with E-state index in [9.17, 15) is 5.11 Å². The lowest BCUT2D eigenvalue weighted by molar-refractivity contribution is 0.475. The van der Waals surface area contributed by atoms with Gasteiger partial charge in [0.2, 0.25) is 0 Å². The SMILES string of the molecule is CC.Oc1ccc2c(c1)-c1ccccc1C21c2cccc3c4ccccc4c4cccc1c4c23. The summed E-state index contributed by atoms with van der Waals surface area (Å²) in [6.45, 7) is 4.00. The monoisotopic (exact) mass is 436 g/mol. The lowest BCUT2D eigenvalue weighted by atomic mass is 9.70. The van der Waals surface area contributed by atoms with Crippen LogP contribution in [0.4, 0.5) is 0 Å².